The highest BCUT2D eigenvalue weighted by Gasteiger charge is 2.42. The molecule has 0 aromatic heterocycles. The number of carbonyl (C=O) groups is 2. The van der Waals surface area contributed by atoms with E-state index in [1.165, 1.54) is 0 Å². The SMILES string of the molecule is COC(=O)C1=C(C(=O)OC)N(c2cc(C(F)(F)F)c(Cl)c(C(F)(F)F)c2)COC1. The molecule has 0 radical (unpaired) electrons. The smallest absolute Gasteiger partial charge is 0.417 e. The van der Waals surface area contributed by atoms with Crippen molar-refractivity contribution in [3.05, 3.63) is 39.6 Å². The van der Waals surface area contributed by atoms with Gasteiger partial charge in [-0.05, 0) is 12.1 Å². The second-order valence-corrected chi connectivity index (χ2v) is 5.94. The van der Waals surface area contributed by atoms with Crippen molar-refractivity contribution in [1.29, 1.82) is 0 Å². The molecule has 0 saturated heterocycles. The van der Waals surface area contributed by atoms with Gasteiger partial charge in [-0.25, -0.2) is 9.59 Å². The number of methoxy groups -OCH3 is 2. The first-order valence-corrected chi connectivity index (χ1v) is 7.93. The summed E-state index contributed by atoms with van der Waals surface area (Å²) in [5, 5.41) is -1.55. The molecule has 0 atom stereocenters. The van der Waals surface area contributed by atoms with Crippen molar-refractivity contribution in [2.75, 3.05) is 32.5 Å². The molecule has 0 spiro atoms. The van der Waals surface area contributed by atoms with Crippen molar-refractivity contribution in [1.82, 2.24) is 0 Å². The maximum atomic E-state index is 13.3. The number of nitrogens with zero attached hydrogens (tertiary/aromatic N) is 1. The molecule has 13 heteroatoms. The van der Waals surface area contributed by atoms with Crippen molar-refractivity contribution in [3.63, 3.8) is 0 Å². The fourth-order valence-corrected chi connectivity index (χ4v) is 2.85. The average molecular weight is 448 g/mol. The van der Waals surface area contributed by atoms with Crippen LogP contribution in [-0.4, -0.2) is 39.5 Å². The maximum Gasteiger partial charge on any atom is 0.417 e. The molecular weight excluding hydrogens is 436 g/mol. The Morgan fingerprint density at radius 1 is 1.00 bits per heavy atom. The van der Waals surface area contributed by atoms with Crippen LogP contribution in [0.3, 0.4) is 0 Å². The van der Waals surface area contributed by atoms with Gasteiger partial charge in [-0.1, -0.05) is 11.6 Å². The summed E-state index contributed by atoms with van der Waals surface area (Å²) in [6.45, 7) is -1.11. The third kappa shape index (κ3) is 4.58. The van der Waals surface area contributed by atoms with Crippen LogP contribution in [0.2, 0.25) is 5.02 Å². The molecule has 0 bridgehead atoms. The lowest BCUT2D eigenvalue weighted by molar-refractivity contribution is -0.143. The first-order valence-electron chi connectivity index (χ1n) is 7.55. The summed E-state index contributed by atoms with van der Waals surface area (Å²) in [4.78, 5) is 24.7. The third-order valence-corrected chi connectivity index (χ3v) is 4.22. The lowest BCUT2D eigenvalue weighted by Crippen LogP contribution is -2.39. The van der Waals surface area contributed by atoms with Gasteiger partial charge >= 0.3 is 24.3 Å². The van der Waals surface area contributed by atoms with Gasteiger partial charge in [-0.15, -0.1) is 0 Å². The van der Waals surface area contributed by atoms with E-state index in [9.17, 15) is 35.9 Å². The quantitative estimate of drug-likeness (QED) is 0.519. The van der Waals surface area contributed by atoms with Gasteiger partial charge in [0.15, 0.2) is 0 Å². The summed E-state index contributed by atoms with van der Waals surface area (Å²) in [7, 11) is 1.89. The molecule has 0 amide bonds. The van der Waals surface area contributed by atoms with Crippen molar-refractivity contribution in [2.24, 2.45) is 0 Å². The number of esters is 2. The third-order valence-electron chi connectivity index (χ3n) is 3.81. The Balaban J connectivity index is 2.80. The fourth-order valence-electron chi connectivity index (χ4n) is 2.52. The van der Waals surface area contributed by atoms with Gasteiger partial charge in [0.1, 0.15) is 12.4 Å². The van der Waals surface area contributed by atoms with Gasteiger partial charge < -0.3 is 19.1 Å². The lowest BCUT2D eigenvalue weighted by Gasteiger charge is -2.32. The van der Waals surface area contributed by atoms with Crippen LogP contribution in [0.25, 0.3) is 0 Å². The molecule has 1 heterocycles. The Morgan fingerprint density at radius 3 is 1.90 bits per heavy atom. The highest BCUT2D eigenvalue weighted by Crippen LogP contribution is 2.45. The van der Waals surface area contributed by atoms with Crippen LogP contribution in [0.1, 0.15) is 11.1 Å². The molecule has 0 fully saturated rings. The van der Waals surface area contributed by atoms with Crippen LogP contribution in [0.5, 0.6) is 0 Å². The predicted octanol–water partition coefficient (Wildman–Crippen LogP) is 3.77. The first-order chi connectivity index (χ1) is 13.3. The molecule has 0 unspecified atom stereocenters. The number of hydrogen-bond acceptors (Lipinski definition) is 6. The average Bonchev–Trinajstić information content (AvgIpc) is 2.64. The molecule has 1 aromatic carbocycles. The Kier molecular flexibility index (Phi) is 6.38. The molecule has 2 rings (SSSR count). The minimum absolute atomic E-state index is 0.310. The number of ether oxygens (including phenoxy) is 3. The van der Waals surface area contributed by atoms with Gasteiger partial charge in [0, 0.05) is 5.69 Å². The van der Waals surface area contributed by atoms with Crippen LogP contribution >= 0.6 is 11.6 Å². The molecule has 160 valence electrons. The molecule has 0 N–H and O–H groups in total. The minimum Gasteiger partial charge on any atom is -0.466 e. The van der Waals surface area contributed by atoms with E-state index >= 15 is 0 Å². The normalized spacial score (nSPS) is 15.4. The predicted molar refractivity (Wildman–Crippen MR) is 85.8 cm³/mol. The van der Waals surface area contributed by atoms with Gasteiger partial charge in [0.2, 0.25) is 0 Å². The summed E-state index contributed by atoms with van der Waals surface area (Å²) in [5.41, 5.74) is -5.36. The van der Waals surface area contributed by atoms with E-state index < -0.39 is 70.7 Å². The second-order valence-electron chi connectivity index (χ2n) is 5.57. The highest BCUT2D eigenvalue weighted by molar-refractivity contribution is 6.32. The van der Waals surface area contributed by atoms with Crippen LogP contribution in [-0.2, 0) is 36.2 Å². The summed E-state index contributed by atoms with van der Waals surface area (Å²) < 4.78 is 93.6. The van der Waals surface area contributed by atoms with Crippen LogP contribution < -0.4 is 4.90 Å². The van der Waals surface area contributed by atoms with E-state index in [0.717, 1.165) is 14.2 Å². The number of carbonyl (C=O) groups excluding carboxylic acids is 2. The molecule has 1 aliphatic heterocycles. The highest BCUT2D eigenvalue weighted by atomic mass is 35.5. The van der Waals surface area contributed by atoms with Crippen molar-refractivity contribution in [2.45, 2.75) is 12.4 Å². The number of rotatable bonds is 3. The van der Waals surface area contributed by atoms with Crippen LogP contribution in [0, 0.1) is 0 Å². The second kappa shape index (κ2) is 8.11. The minimum atomic E-state index is -5.23. The first kappa shape index (κ1) is 22.8. The van der Waals surface area contributed by atoms with Crippen molar-refractivity contribution >= 4 is 29.2 Å². The van der Waals surface area contributed by atoms with Gasteiger partial charge in [-0.2, -0.15) is 26.3 Å². The fraction of sp³-hybridized carbons (Fsp3) is 0.375. The molecule has 29 heavy (non-hydrogen) atoms. The standard InChI is InChI=1S/C16H12ClF6NO5/c1-27-13(25)8-5-29-6-24(12(8)14(26)28-2)7-3-9(15(18,19)20)11(17)10(4-7)16(21,22)23/h3-4H,5-6H2,1-2H3. The maximum absolute atomic E-state index is 13.3. The zero-order valence-corrected chi connectivity index (χ0v) is 15.5. The van der Waals surface area contributed by atoms with E-state index in [1.54, 1.807) is 0 Å². The number of halogens is 7. The Bertz CT molecular complexity index is 829. The van der Waals surface area contributed by atoms with E-state index in [4.69, 9.17) is 16.3 Å². The van der Waals surface area contributed by atoms with Gasteiger partial charge in [0.05, 0.1) is 42.5 Å². The largest absolute Gasteiger partial charge is 0.466 e. The van der Waals surface area contributed by atoms with Gasteiger partial charge in [0.25, 0.3) is 0 Å². The molecule has 6 nitrogen and oxygen atoms in total. The van der Waals surface area contributed by atoms with Crippen molar-refractivity contribution < 1.29 is 50.1 Å². The topological polar surface area (TPSA) is 65.1 Å². The number of alkyl halides is 6. The Labute approximate surface area is 164 Å². The summed E-state index contributed by atoms with van der Waals surface area (Å²) in [5.74, 6) is -2.26. The molecule has 1 aliphatic rings. The number of hydrogen-bond donors (Lipinski definition) is 0. The van der Waals surface area contributed by atoms with Gasteiger partial charge in [-0.3, -0.25) is 0 Å². The summed E-state index contributed by atoms with van der Waals surface area (Å²) in [6, 6.07) is 0.619. The summed E-state index contributed by atoms with van der Waals surface area (Å²) in [6.07, 6.45) is -10.5. The molecular formula is C16H12ClF6NO5. The Hall–Kier alpha value is -2.47. The van der Waals surface area contributed by atoms with Crippen molar-refractivity contribution in [3.8, 4) is 0 Å². The van der Waals surface area contributed by atoms with E-state index in [-0.39, 0.29) is 0 Å². The summed E-state index contributed by atoms with van der Waals surface area (Å²) >= 11 is 5.35. The monoisotopic (exact) mass is 447 g/mol. The molecule has 0 aliphatic carbocycles. The molecule has 0 saturated carbocycles. The zero-order chi connectivity index (χ0) is 22.1. The van der Waals surface area contributed by atoms with Crippen LogP contribution in [0.4, 0.5) is 32.0 Å². The van der Waals surface area contributed by atoms with E-state index in [1.807, 2.05) is 0 Å². The van der Waals surface area contributed by atoms with E-state index in [0.29, 0.717) is 17.0 Å². The number of anilines is 1. The molecule has 1 aromatic rings. The lowest BCUT2D eigenvalue weighted by atomic mass is 10.1. The van der Waals surface area contributed by atoms with E-state index in [2.05, 4.69) is 9.47 Å². The number of benzene rings is 1. The zero-order valence-electron chi connectivity index (χ0n) is 14.7. The van der Waals surface area contributed by atoms with Crippen LogP contribution in [0.15, 0.2) is 23.4 Å². The Morgan fingerprint density at radius 2 is 1.48 bits per heavy atom.